The second-order valence-electron chi connectivity index (χ2n) is 4.53. The molecule has 5 heteroatoms. The molecule has 1 amide bonds. The zero-order valence-corrected chi connectivity index (χ0v) is 9.75. The normalized spacial score (nSPS) is 33.5. The molecule has 0 bridgehead atoms. The maximum atomic E-state index is 11.3. The zero-order valence-electron chi connectivity index (χ0n) is 9.75. The van der Waals surface area contributed by atoms with Crippen LogP contribution in [-0.4, -0.2) is 37.7 Å². The molecule has 1 aliphatic rings. The first-order valence-corrected chi connectivity index (χ1v) is 5.52. The smallest absolute Gasteiger partial charge is 0.242 e. The van der Waals surface area contributed by atoms with Gasteiger partial charge in [-0.25, -0.2) is 5.84 Å². The summed E-state index contributed by atoms with van der Waals surface area (Å²) in [7, 11) is 0. The lowest BCUT2D eigenvalue weighted by atomic mass is 10.1. The van der Waals surface area contributed by atoms with E-state index in [4.69, 9.17) is 10.6 Å². The van der Waals surface area contributed by atoms with Crippen molar-refractivity contribution in [1.29, 1.82) is 0 Å². The van der Waals surface area contributed by atoms with Gasteiger partial charge in [0.05, 0.1) is 12.5 Å². The van der Waals surface area contributed by atoms with Gasteiger partial charge in [-0.3, -0.25) is 10.2 Å². The fourth-order valence-electron chi connectivity index (χ4n) is 2.22. The third-order valence-electron chi connectivity index (χ3n) is 2.80. The Morgan fingerprint density at radius 1 is 1.53 bits per heavy atom. The molecule has 1 aliphatic heterocycles. The van der Waals surface area contributed by atoms with Gasteiger partial charge < -0.3 is 9.64 Å². The maximum absolute atomic E-state index is 11.3. The minimum atomic E-state index is -0.0886. The minimum absolute atomic E-state index is 0.0394. The van der Waals surface area contributed by atoms with E-state index in [2.05, 4.69) is 19.3 Å². The van der Waals surface area contributed by atoms with Crippen molar-refractivity contribution < 1.29 is 14.4 Å². The highest BCUT2D eigenvalue weighted by molar-refractivity contribution is 5.77. The van der Waals surface area contributed by atoms with Crippen LogP contribution in [0.15, 0.2) is 0 Å². The summed E-state index contributed by atoms with van der Waals surface area (Å²) in [6.07, 6.45) is 0.550. The van der Waals surface area contributed by atoms with Crippen LogP contribution in [-0.2, 0) is 9.53 Å². The van der Waals surface area contributed by atoms with E-state index < -0.39 is 0 Å². The summed E-state index contributed by atoms with van der Waals surface area (Å²) in [5.74, 6) is 4.97. The van der Waals surface area contributed by atoms with Gasteiger partial charge in [0.2, 0.25) is 5.91 Å². The van der Waals surface area contributed by atoms with Gasteiger partial charge in [-0.2, -0.15) is 0 Å². The van der Waals surface area contributed by atoms with Crippen LogP contribution in [0.4, 0.5) is 0 Å². The fourth-order valence-corrected chi connectivity index (χ4v) is 2.22. The van der Waals surface area contributed by atoms with E-state index in [9.17, 15) is 4.79 Å². The summed E-state index contributed by atoms with van der Waals surface area (Å²) in [6.45, 7) is 8.80. The van der Waals surface area contributed by atoms with E-state index >= 15 is 0 Å². The number of hydrazine groups is 1. The van der Waals surface area contributed by atoms with Crippen molar-refractivity contribution in [2.75, 3.05) is 19.6 Å². The minimum Gasteiger partial charge on any atom is -0.364 e. The van der Waals surface area contributed by atoms with Crippen molar-refractivity contribution in [2.24, 2.45) is 11.8 Å². The predicted octanol–water partition coefficient (Wildman–Crippen LogP) is -1.70. The predicted molar refractivity (Wildman–Crippen MR) is 57.1 cm³/mol. The SMILES string of the molecule is C[C@@H]1C[NH+](C[C@@H](C)C(=O)NN)C[C@H](C)O1. The van der Waals surface area contributed by atoms with Crippen LogP contribution in [0.5, 0.6) is 0 Å². The van der Waals surface area contributed by atoms with Crippen molar-refractivity contribution in [3.8, 4) is 0 Å². The number of ether oxygens (including phenoxy) is 1. The van der Waals surface area contributed by atoms with Crippen LogP contribution in [0.1, 0.15) is 20.8 Å². The molecule has 0 aliphatic carbocycles. The van der Waals surface area contributed by atoms with Crippen LogP contribution >= 0.6 is 0 Å². The van der Waals surface area contributed by atoms with Gasteiger partial charge in [0.15, 0.2) is 0 Å². The molecule has 0 spiro atoms. The molecule has 1 unspecified atom stereocenters. The topological polar surface area (TPSA) is 68.8 Å². The monoisotopic (exact) mass is 216 g/mol. The number of nitrogens with two attached hydrogens (primary N) is 1. The number of rotatable bonds is 3. The van der Waals surface area contributed by atoms with Gasteiger partial charge in [-0.15, -0.1) is 0 Å². The first-order chi connectivity index (χ1) is 7.02. The maximum Gasteiger partial charge on any atom is 0.242 e. The third kappa shape index (κ3) is 3.77. The third-order valence-corrected chi connectivity index (χ3v) is 2.80. The Kier molecular flexibility index (Phi) is 4.50. The van der Waals surface area contributed by atoms with E-state index in [0.29, 0.717) is 0 Å². The van der Waals surface area contributed by atoms with E-state index in [1.807, 2.05) is 6.92 Å². The summed E-state index contributed by atoms with van der Waals surface area (Å²) < 4.78 is 5.64. The van der Waals surface area contributed by atoms with E-state index in [-0.39, 0.29) is 24.0 Å². The number of hydrogen-bond acceptors (Lipinski definition) is 3. The Morgan fingerprint density at radius 3 is 2.53 bits per heavy atom. The molecule has 0 aromatic carbocycles. The molecular weight excluding hydrogens is 194 g/mol. The van der Waals surface area contributed by atoms with Crippen molar-refractivity contribution in [3.63, 3.8) is 0 Å². The number of carbonyl (C=O) groups excluding carboxylic acids is 1. The van der Waals surface area contributed by atoms with Crippen LogP contribution in [0, 0.1) is 5.92 Å². The van der Waals surface area contributed by atoms with Crippen molar-refractivity contribution in [2.45, 2.75) is 33.0 Å². The summed E-state index contributed by atoms with van der Waals surface area (Å²) in [4.78, 5) is 12.7. The zero-order chi connectivity index (χ0) is 11.4. The average Bonchev–Trinajstić information content (AvgIpc) is 2.14. The molecule has 1 heterocycles. The fraction of sp³-hybridized carbons (Fsp3) is 0.900. The summed E-state index contributed by atoms with van der Waals surface area (Å²) in [5, 5.41) is 0. The quantitative estimate of drug-likeness (QED) is 0.299. The Morgan fingerprint density at radius 2 is 2.07 bits per heavy atom. The molecule has 0 aromatic rings. The molecule has 4 atom stereocenters. The highest BCUT2D eigenvalue weighted by Crippen LogP contribution is 1.99. The molecule has 1 rings (SSSR count). The summed E-state index contributed by atoms with van der Waals surface area (Å²) in [6, 6.07) is 0. The summed E-state index contributed by atoms with van der Waals surface area (Å²) in [5.41, 5.74) is 2.19. The Labute approximate surface area is 90.9 Å². The number of carbonyl (C=O) groups is 1. The van der Waals surface area contributed by atoms with Gasteiger partial charge in [-0.05, 0) is 20.8 Å². The highest BCUT2D eigenvalue weighted by atomic mass is 16.5. The number of nitrogens with one attached hydrogen (secondary N) is 2. The number of hydrogen-bond donors (Lipinski definition) is 3. The Hall–Kier alpha value is -0.650. The molecule has 0 radical (unpaired) electrons. The van der Waals surface area contributed by atoms with Gasteiger partial charge in [0, 0.05) is 0 Å². The molecule has 1 saturated heterocycles. The van der Waals surface area contributed by atoms with Gasteiger partial charge in [0.25, 0.3) is 0 Å². The van der Waals surface area contributed by atoms with Crippen molar-refractivity contribution >= 4 is 5.91 Å². The summed E-state index contributed by atoms with van der Waals surface area (Å²) >= 11 is 0. The molecule has 0 saturated carbocycles. The number of quaternary nitrogens is 1. The number of morpholine rings is 1. The lowest BCUT2D eigenvalue weighted by molar-refractivity contribution is -0.917. The second-order valence-corrected chi connectivity index (χ2v) is 4.53. The Balaban J connectivity index is 2.40. The lowest BCUT2D eigenvalue weighted by Gasteiger charge is -2.33. The molecule has 0 aromatic heterocycles. The van der Waals surface area contributed by atoms with E-state index in [1.54, 1.807) is 0 Å². The Bertz CT molecular complexity index is 213. The van der Waals surface area contributed by atoms with Crippen molar-refractivity contribution in [1.82, 2.24) is 5.43 Å². The molecule has 15 heavy (non-hydrogen) atoms. The molecule has 4 N–H and O–H groups in total. The van der Waals surface area contributed by atoms with Crippen LogP contribution in [0.2, 0.25) is 0 Å². The van der Waals surface area contributed by atoms with E-state index in [0.717, 1.165) is 19.6 Å². The standard InChI is InChI=1S/C10H21N3O2/c1-7(10(14)12-11)4-13-5-8(2)15-9(3)6-13/h7-9H,4-6,11H2,1-3H3,(H,12,14)/p+1/t7-,8-,9+/m1/s1. The van der Waals surface area contributed by atoms with E-state index in [1.165, 1.54) is 4.90 Å². The first kappa shape index (κ1) is 12.4. The van der Waals surface area contributed by atoms with Gasteiger partial charge in [-0.1, -0.05) is 0 Å². The highest BCUT2D eigenvalue weighted by Gasteiger charge is 2.28. The molecule has 5 nitrogen and oxygen atoms in total. The first-order valence-electron chi connectivity index (χ1n) is 5.52. The van der Waals surface area contributed by atoms with Crippen molar-refractivity contribution in [3.05, 3.63) is 0 Å². The van der Waals surface area contributed by atoms with Crippen LogP contribution < -0.4 is 16.2 Å². The largest absolute Gasteiger partial charge is 0.364 e. The molecule has 88 valence electrons. The van der Waals surface area contributed by atoms with Gasteiger partial charge >= 0.3 is 0 Å². The van der Waals surface area contributed by atoms with Crippen LogP contribution in [0.25, 0.3) is 0 Å². The second kappa shape index (κ2) is 5.44. The van der Waals surface area contributed by atoms with Gasteiger partial charge in [0.1, 0.15) is 25.3 Å². The average molecular weight is 216 g/mol. The molecular formula is C10H22N3O2+. The molecule has 1 fully saturated rings. The lowest BCUT2D eigenvalue weighted by Crippen LogP contribution is -3.16. The van der Waals surface area contributed by atoms with Crippen LogP contribution in [0.3, 0.4) is 0 Å². The number of amides is 1.